The lowest BCUT2D eigenvalue weighted by molar-refractivity contribution is 0.417. The summed E-state index contributed by atoms with van der Waals surface area (Å²) >= 11 is 6.04. The Morgan fingerprint density at radius 1 is 1.12 bits per heavy atom. The molecule has 2 aromatic carbocycles. The fraction of sp³-hybridized carbons (Fsp3) is 0.118. The van der Waals surface area contributed by atoms with Gasteiger partial charge in [-0.05, 0) is 30.3 Å². The van der Waals surface area contributed by atoms with Crippen molar-refractivity contribution < 1.29 is 4.74 Å². The second-order valence-corrected chi connectivity index (χ2v) is 5.44. The molecule has 0 aliphatic carbocycles. The van der Waals surface area contributed by atoms with Gasteiger partial charge in [0.05, 0.1) is 19.0 Å². The molecule has 0 unspecified atom stereocenters. The molecule has 0 spiro atoms. The molecule has 3 rings (SSSR count). The number of aromatic nitrogens is 3. The minimum atomic E-state index is 0.357. The molecule has 1 aromatic heterocycles. The van der Waals surface area contributed by atoms with Gasteiger partial charge in [-0.25, -0.2) is 0 Å². The monoisotopic (exact) mass is 341 g/mol. The first-order valence-corrected chi connectivity index (χ1v) is 7.64. The zero-order chi connectivity index (χ0) is 16.9. The summed E-state index contributed by atoms with van der Waals surface area (Å²) < 4.78 is 5.31. The standard InChI is InChI=1S/C17H16ClN5O/c1-23(13-6-4-3-5-7-13)16-11-19-22-17(21-16)20-14-10-12(18)8-9-15(14)24-2/h3-11H,1-2H3,(H,20,21,22). The summed E-state index contributed by atoms with van der Waals surface area (Å²) in [6, 6.07) is 15.2. The summed E-state index contributed by atoms with van der Waals surface area (Å²) in [6.45, 7) is 0. The first-order valence-electron chi connectivity index (χ1n) is 7.26. The van der Waals surface area contributed by atoms with E-state index in [9.17, 15) is 0 Å². The van der Waals surface area contributed by atoms with Crippen LogP contribution >= 0.6 is 11.6 Å². The summed E-state index contributed by atoms with van der Waals surface area (Å²) in [6.07, 6.45) is 1.60. The molecule has 6 nitrogen and oxygen atoms in total. The lowest BCUT2D eigenvalue weighted by Crippen LogP contribution is -2.13. The van der Waals surface area contributed by atoms with Crippen LogP contribution < -0.4 is 15.0 Å². The number of benzene rings is 2. The van der Waals surface area contributed by atoms with E-state index in [0.717, 1.165) is 5.69 Å². The summed E-state index contributed by atoms with van der Waals surface area (Å²) in [5.74, 6) is 1.67. The lowest BCUT2D eigenvalue weighted by atomic mass is 10.3. The van der Waals surface area contributed by atoms with Crippen LogP contribution in [0.1, 0.15) is 0 Å². The Morgan fingerprint density at radius 2 is 1.92 bits per heavy atom. The average molecular weight is 342 g/mol. The minimum Gasteiger partial charge on any atom is -0.495 e. The van der Waals surface area contributed by atoms with Crippen LogP contribution in [0.5, 0.6) is 5.75 Å². The quantitative estimate of drug-likeness (QED) is 0.755. The van der Waals surface area contributed by atoms with Crippen LogP contribution in [-0.2, 0) is 0 Å². The maximum atomic E-state index is 6.04. The molecule has 0 bridgehead atoms. The second kappa shape index (κ2) is 7.14. The minimum absolute atomic E-state index is 0.357. The molecule has 24 heavy (non-hydrogen) atoms. The third-order valence-corrected chi connectivity index (χ3v) is 3.68. The summed E-state index contributed by atoms with van der Waals surface area (Å²) in [7, 11) is 3.51. The smallest absolute Gasteiger partial charge is 0.249 e. The Kier molecular flexibility index (Phi) is 4.77. The number of rotatable bonds is 5. The van der Waals surface area contributed by atoms with Crippen molar-refractivity contribution in [2.75, 3.05) is 24.4 Å². The van der Waals surface area contributed by atoms with Crippen molar-refractivity contribution in [3.63, 3.8) is 0 Å². The molecule has 0 aliphatic rings. The van der Waals surface area contributed by atoms with Crippen LogP contribution in [0.15, 0.2) is 54.7 Å². The van der Waals surface area contributed by atoms with E-state index in [1.54, 1.807) is 31.5 Å². The first-order chi connectivity index (χ1) is 11.7. The number of anilines is 4. The van der Waals surface area contributed by atoms with E-state index >= 15 is 0 Å². The van der Waals surface area contributed by atoms with E-state index in [2.05, 4.69) is 20.5 Å². The van der Waals surface area contributed by atoms with Gasteiger partial charge in [0.15, 0.2) is 5.82 Å². The molecule has 0 radical (unpaired) electrons. The fourth-order valence-electron chi connectivity index (χ4n) is 2.19. The van der Waals surface area contributed by atoms with Crippen molar-refractivity contribution in [2.24, 2.45) is 0 Å². The number of nitrogens with zero attached hydrogens (tertiary/aromatic N) is 4. The number of methoxy groups -OCH3 is 1. The number of hydrogen-bond acceptors (Lipinski definition) is 6. The van der Waals surface area contributed by atoms with Crippen LogP contribution in [0.4, 0.5) is 23.1 Å². The van der Waals surface area contributed by atoms with Crippen molar-refractivity contribution in [1.82, 2.24) is 15.2 Å². The predicted molar refractivity (Wildman–Crippen MR) is 95.6 cm³/mol. The van der Waals surface area contributed by atoms with E-state index < -0.39 is 0 Å². The van der Waals surface area contributed by atoms with Gasteiger partial charge in [0.2, 0.25) is 5.95 Å². The first kappa shape index (κ1) is 16.0. The maximum Gasteiger partial charge on any atom is 0.249 e. The Bertz CT molecular complexity index is 828. The SMILES string of the molecule is COc1ccc(Cl)cc1Nc1nncc(N(C)c2ccccc2)n1. The predicted octanol–water partition coefficient (Wildman–Crippen LogP) is 4.05. The van der Waals surface area contributed by atoms with Gasteiger partial charge in [-0.3, -0.25) is 0 Å². The Morgan fingerprint density at radius 3 is 2.67 bits per heavy atom. The molecule has 1 N–H and O–H groups in total. The highest BCUT2D eigenvalue weighted by Crippen LogP contribution is 2.30. The second-order valence-electron chi connectivity index (χ2n) is 5.00. The number of para-hydroxylation sites is 1. The highest BCUT2D eigenvalue weighted by atomic mass is 35.5. The molecule has 7 heteroatoms. The van der Waals surface area contributed by atoms with Gasteiger partial charge in [-0.2, -0.15) is 10.1 Å². The van der Waals surface area contributed by atoms with Gasteiger partial charge >= 0.3 is 0 Å². The number of ether oxygens (including phenoxy) is 1. The normalized spacial score (nSPS) is 10.3. The van der Waals surface area contributed by atoms with E-state index in [1.165, 1.54) is 0 Å². The molecule has 1 heterocycles. The van der Waals surface area contributed by atoms with Crippen LogP contribution in [0.2, 0.25) is 5.02 Å². The molecular weight excluding hydrogens is 326 g/mol. The topological polar surface area (TPSA) is 63.2 Å². The van der Waals surface area contributed by atoms with Crippen LogP contribution in [-0.4, -0.2) is 29.3 Å². The third kappa shape index (κ3) is 3.55. The zero-order valence-corrected chi connectivity index (χ0v) is 14.0. The van der Waals surface area contributed by atoms with E-state index in [-0.39, 0.29) is 0 Å². The van der Waals surface area contributed by atoms with Gasteiger partial charge in [0.25, 0.3) is 0 Å². The third-order valence-electron chi connectivity index (χ3n) is 3.44. The highest BCUT2D eigenvalue weighted by Gasteiger charge is 2.10. The van der Waals surface area contributed by atoms with Crippen molar-refractivity contribution in [2.45, 2.75) is 0 Å². The Hall–Kier alpha value is -2.86. The summed E-state index contributed by atoms with van der Waals surface area (Å²) in [5.41, 5.74) is 1.68. The number of halogens is 1. The van der Waals surface area contributed by atoms with Crippen molar-refractivity contribution in [3.8, 4) is 5.75 Å². The Labute approximate surface area is 145 Å². The van der Waals surface area contributed by atoms with Gasteiger partial charge in [-0.1, -0.05) is 29.8 Å². The molecule has 0 atom stereocenters. The lowest BCUT2D eigenvalue weighted by Gasteiger charge is -2.18. The maximum absolute atomic E-state index is 6.04. The largest absolute Gasteiger partial charge is 0.495 e. The molecule has 0 saturated heterocycles. The summed E-state index contributed by atoms with van der Waals surface area (Å²) in [4.78, 5) is 6.42. The van der Waals surface area contributed by atoms with Crippen LogP contribution in [0, 0.1) is 0 Å². The van der Waals surface area contributed by atoms with Crippen molar-refractivity contribution >= 4 is 34.7 Å². The molecule has 0 aliphatic heterocycles. The van der Waals surface area contributed by atoms with E-state index in [1.807, 2.05) is 42.3 Å². The van der Waals surface area contributed by atoms with Crippen LogP contribution in [0.3, 0.4) is 0 Å². The average Bonchev–Trinajstić information content (AvgIpc) is 2.62. The van der Waals surface area contributed by atoms with E-state index in [0.29, 0.717) is 28.2 Å². The molecule has 0 fully saturated rings. The summed E-state index contributed by atoms with van der Waals surface area (Å²) in [5, 5.41) is 11.7. The zero-order valence-electron chi connectivity index (χ0n) is 13.3. The van der Waals surface area contributed by atoms with Gasteiger partial charge in [0.1, 0.15) is 5.75 Å². The van der Waals surface area contributed by atoms with Gasteiger partial charge < -0.3 is 15.0 Å². The Balaban J connectivity index is 1.87. The fourth-order valence-corrected chi connectivity index (χ4v) is 2.36. The van der Waals surface area contributed by atoms with Crippen LogP contribution in [0.25, 0.3) is 0 Å². The van der Waals surface area contributed by atoms with Gasteiger partial charge in [0, 0.05) is 17.8 Å². The molecule has 0 amide bonds. The van der Waals surface area contributed by atoms with Gasteiger partial charge in [-0.15, -0.1) is 5.10 Å². The number of nitrogens with one attached hydrogen (secondary N) is 1. The molecule has 0 saturated carbocycles. The highest BCUT2D eigenvalue weighted by molar-refractivity contribution is 6.31. The van der Waals surface area contributed by atoms with Crippen molar-refractivity contribution in [3.05, 3.63) is 59.8 Å². The number of hydrogen-bond donors (Lipinski definition) is 1. The molecular formula is C17H16ClN5O. The van der Waals surface area contributed by atoms with E-state index in [4.69, 9.17) is 16.3 Å². The molecule has 3 aromatic rings. The van der Waals surface area contributed by atoms with Crippen molar-refractivity contribution in [1.29, 1.82) is 0 Å². The molecule has 122 valence electrons.